The van der Waals surface area contributed by atoms with Crippen molar-refractivity contribution in [2.45, 2.75) is 20.3 Å². The molecule has 1 aromatic heterocycles. The molecule has 0 fully saturated rings. The van der Waals surface area contributed by atoms with Gasteiger partial charge in [0.05, 0.1) is 5.41 Å². The van der Waals surface area contributed by atoms with Crippen LogP contribution in [0.3, 0.4) is 0 Å². The number of aromatic nitrogens is 2. The highest BCUT2D eigenvalue weighted by Gasteiger charge is 2.31. The summed E-state index contributed by atoms with van der Waals surface area (Å²) in [5.74, 6) is -0.752. The zero-order valence-electron chi connectivity index (χ0n) is 9.28. The van der Waals surface area contributed by atoms with Crippen LogP contribution in [0, 0.1) is 5.41 Å². The molecular weight excluding hydrogens is 210 g/mol. The molecule has 0 bridgehead atoms. The van der Waals surface area contributed by atoms with Gasteiger partial charge < -0.3 is 15.4 Å². The zero-order valence-corrected chi connectivity index (χ0v) is 9.28. The lowest BCUT2D eigenvalue weighted by molar-refractivity contribution is -0.147. The summed E-state index contributed by atoms with van der Waals surface area (Å²) in [6, 6.07) is 0. The third-order valence-electron chi connectivity index (χ3n) is 2.65. The highest BCUT2D eigenvalue weighted by atomic mass is 16.4. The molecule has 0 saturated heterocycles. The molecule has 1 atom stereocenters. The number of carbonyl (C=O) groups is 1. The number of aromatic amines is 1. The van der Waals surface area contributed by atoms with Crippen molar-refractivity contribution in [3.05, 3.63) is 22.7 Å². The summed E-state index contributed by atoms with van der Waals surface area (Å²) in [5, 5.41) is 11.8. The average Bonchev–Trinajstić information content (AvgIpc) is 2.27. The molecule has 6 heteroatoms. The Bertz CT molecular complexity index is 429. The maximum atomic E-state index is 11.3. The SMILES string of the molecule is CCC(C)(CNc1ncc[nH]c1=O)C(=O)O. The van der Waals surface area contributed by atoms with Gasteiger partial charge in [-0.05, 0) is 13.3 Å². The molecule has 0 amide bonds. The van der Waals surface area contributed by atoms with Gasteiger partial charge in [-0.2, -0.15) is 0 Å². The molecule has 0 aromatic carbocycles. The molecule has 1 rings (SSSR count). The van der Waals surface area contributed by atoms with Crippen molar-refractivity contribution in [2.24, 2.45) is 5.41 Å². The molecule has 0 radical (unpaired) electrons. The number of H-pyrrole nitrogens is 1. The Morgan fingerprint density at radius 1 is 1.69 bits per heavy atom. The second kappa shape index (κ2) is 4.78. The minimum absolute atomic E-state index is 0.142. The second-order valence-corrected chi connectivity index (χ2v) is 3.84. The summed E-state index contributed by atoms with van der Waals surface area (Å²) in [4.78, 5) is 28.6. The minimum atomic E-state index is -0.899. The van der Waals surface area contributed by atoms with Gasteiger partial charge in [0.15, 0.2) is 5.82 Å². The van der Waals surface area contributed by atoms with E-state index in [0.717, 1.165) is 0 Å². The first-order valence-electron chi connectivity index (χ1n) is 5.00. The van der Waals surface area contributed by atoms with Gasteiger partial charge in [0.25, 0.3) is 5.56 Å². The van der Waals surface area contributed by atoms with Crippen molar-refractivity contribution in [3.63, 3.8) is 0 Å². The molecule has 1 unspecified atom stereocenters. The quantitative estimate of drug-likeness (QED) is 0.685. The summed E-state index contributed by atoms with van der Waals surface area (Å²) < 4.78 is 0. The van der Waals surface area contributed by atoms with E-state index in [1.54, 1.807) is 13.8 Å². The fourth-order valence-electron chi connectivity index (χ4n) is 1.11. The van der Waals surface area contributed by atoms with E-state index in [-0.39, 0.29) is 17.9 Å². The topological polar surface area (TPSA) is 95.1 Å². The van der Waals surface area contributed by atoms with Crippen LogP contribution in [0.5, 0.6) is 0 Å². The van der Waals surface area contributed by atoms with Gasteiger partial charge in [-0.25, -0.2) is 4.98 Å². The van der Waals surface area contributed by atoms with Gasteiger partial charge in [0, 0.05) is 18.9 Å². The highest BCUT2D eigenvalue weighted by molar-refractivity contribution is 5.74. The van der Waals surface area contributed by atoms with Crippen LogP contribution < -0.4 is 10.9 Å². The molecule has 1 heterocycles. The van der Waals surface area contributed by atoms with E-state index in [1.807, 2.05) is 0 Å². The lowest BCUT2D eigenvalue weighted by Crippen LogP contribution is -2.35. The van der Waals surface area contributed by atoms with Crippen LogP contribution in [0.1, 0.15) is 20.3 Å². The second-order valence-electron chi connectivity index (χ2n) is 3.84. The normalized spacial score (nSPS) is 14.1. The number of anilines is 1. The number of carboxylic acids is 1. The number of aliphatic carboxylic acids is 1. The fraction of sp³-hybridized carbons (Fsp3) is 0.500. The average molecular weight is 225 g/mol. The Hall–Kier alpha value is -1.85. The van der Waals surface area contributed by atoms with E-state index >= 15 is 0 Å². The van der Waals surface area contributed by atoms with Crippen LogP contribution in [0.25, 0.3) is 0 Å². The molecule has 0 aliphatic carbocycles. The van der Waals surface area contributed by atoms with Crippen LogP contribution in [-0.2, 0) is 4.79 Å². The van der Waals surface area contributed by atoms with Crippen molar-refractivity contribution in [3.8, 4) is 0 Å². The molecule has 0 aliphatic rings. The maximum Gasteiger partial charge on any atom is 0.311 e. The number of nitrogens with zero attached hydrogens (tertiary/aromatic N) is 1. The molecule has 0 aliphatic heterocycles. The van der Waals surface area contributed by atoms with E-state index in [1.165, 1.54) is 12.4 Å². The molecule has 16 heavy (non-hydrogen) atoms. The largest absolute Gasteiger partial charge is 0.481 e. The van der Waals surface area contributed by atoms with Gasteiger partial charge in [-0.3, -0.25) is 9.59 Å². The van der Waals surface area contributed by atoms with E-state index in [4.69, 9.17) is 5.11 Å². The first-order valence-corrected chi connectivity index (χ1v) is 5.00. The molecule has 0 spiro atoms. The van der Waals surface area contributed by atoms with Crippen molar-refractivity contribution in [2.75, 3.05) is 11.9 Å². The van der Waals surface area contributed by atoms with Crippen LogP contribution in [0.15, 0.2) is 17.2 Å². The highest BCUT2D eigenvalue weighted by Crippen LogP contribution is 2.20. The number of rotatable bonds is 5. The summed E-state index contributed by atoms with van der Waals surface area (Å²) in [6.45, 7) is 3.58. The predicted octanol–water partition coefficient (Wildman–Crippen LogP) is 0.683. The van der Waals surface area contributed by atoms with E-state index in [2.05, 4.69) is 15.3 Å². The summed E-state index contributed by atoms with van der Waals surface area (Å²) in [7, 11) is 0. The van der Waals surface area contributed by atoms with Crippen LogP contribution in [-0.4, -0.2) is 27.6 Å². The standard InChI is InChI=1S/C10H15N3O3/c1-3-10(2,9(15)16)6-13-7-8(14)12-5-4-11-7/h4-5H,3,6H2,1-2H3,(H,11,13)(H,12,14)(H,15,16). The summed E-state index contributed by atoms with van der Waals surface area (Å²) in [6.07, 6.45) is 3.33. The molecule has 0 saturated carbocycles. The Labute approximate surface area is 92.7 Å². The maximum absolute atomic E-state index is 11.3. The predicted molar refractivity (Wildman–Crippen MR) is 59.4 cm³/mol. The molecule has 88 valence electrons. The van der Waals surface area contributed by atoms with Gasteiger partial charge >= 0.3 is 5.97 Å². The summed E-state index contributed by atoms with van der Waals surface area (Å²) >= 11 is 0. The first kappa shape index (κ1) is 12.2. The number of nitrogens with one attached hydrogen (secondary N) is 2. The monoisotopic (exact) mass is 225 g/mol. The van der Waals surface area contributed by atoms with Crippen molar-refractivity contribution in [1.29, 1.82) is 0 Å². The Kier molecular flexibility index (Phi) is 3.65. The smallest absolute Gasteiger partial charge is 0.311 e. The molecule has 3 N–H and O–H groups in total. The fourth-order valence-corrected chi connectivity index (χ4v) is 1.11. The lowest BCUT2D eigenvalue weighted by Gasteiger charge is -2.23. The van der Waals surface area contributed by atoms with Crippen molar-refractivity contribution in [1.82, 2.24) is 9.97 Å². The van der Waals surface area contributed by atoms with E-state index in [9.17, 15) is 9.59 Å². The number of hydrogen-bond donors (Lipinski definition) is 3. The third kappa shape index (κ3) is 2.59. The Morgan fingerprint density at radius 2 is 2.38 bits per heavy atom. The molecule has 1 aromatic rings. The first-order chi connectivity index (χ1) is 7.49. The molecular formula is C10H15N3O3. The number of hydrogen-bond acceptors (Lipinski definition) is 4. The van der Waals surface area contributed by atoms with E-state index in [0.29, 0.717) is 6.42 Å². The van der Waals surface area contributed by atoms with Crippen LogP contribution >= 0.6 is 0 Å². The van der Waals surface area contributed by atoms with Crippen molar-refractivity contribution >= 4 is 11.8 Å². The van der Waals surface area contributed by atoms with Crippen LogP contribution in [0.2, 0.25) is 0 Å². The third-order valence-corrected chi connectivity index (χ3v) is 2.65. The Balaban J connectivity index is 2.75. The lowest BCUT2D eigenvalue weighted by atomic mass is 9.88. The zero-order chi connectivity index (χ0) is 12.2. The Morgan fingerprint density at radius 3 is 2.88 bits per heavy atom. The van der Waals surface area contributed by atoms with E-state index < -0.39 is 11.4 Å². The number of carboxylic acid groups (broad SMARTS) is 1. The summed E-state index contributed by atoms with van der Waals surface area (Å²) in [5.41, 5.74) is -1.25. The van der Waals surface area contributed by atoms with Gasteiger partial charge in [-0.15, -0.1) is 0 Å². The van der Waals surface area contributed by atoms with Gasteiger partial charge in [-0.1, -0.05) is 6.92 Å². The van der Waals surface area contributed by atoms with Crippen LogP contribution in [0.4, 0.5) is 5.82 Å². The minimum Gasteiger partial charge on any atom is -0.481 e. The molecule has 6 nitrogen and oxygen atoms in total. The van der Waals surface area contributed by atoms with Gasteiger partial charge in [0.1, 0.15) is 0 Å². The van der Waals surface area contributed by atoms with Gasteiger partial charge in [0.2, 0.25) is 0 Å². The van der Waals surface area contributed by atoms with Crippen molar-refractivity contribution < 1.29 is 9.90 Å².